The molecule has 0 aliphatic carbocycles. The second kappa shape index (κ2) is 9.11. The third-order valence-corrected chi connectivity index (χ3v) is 1.87. The Kier molecular flexibility index (Phi) is 8.46. The summed E-state index contributed by atoms with van der Waals surface area (Å²) in [4.78, 5) is 21.8. The van der Waals surface area contributed by atoms with Crippen LogP contribution in [-0.2, 0) is 14.3 Å². The fraction of sp³-hybridized carbons (Fsp3) is 0.800. The van der Waals surface area contributed by atoms with Crippen molar-refractivity contribution in [2.45, 2.75) is 32.2 Å². The molecular formula is C10H21N3O3. The Morgan fingerprint density at radius 2 is 2.06 bits per heavy atom. The molecule has 0 radical (unpaired) electrons. The Bertz CT molecular complexity index is 221. The molecule has 0 aromatic rings. The van der Waals surface area contributed by atoms with E-state index in [0.29, 0.717) is 13.2 Å². The number of carbonyl (C=O) groups is 2. The number of nitrogens with one attached hydrogen (secondary N) is 1. The van der Waals surface area contributed by atoms with E-state index in [2.05, 4.69) is 5.32 Å². The number of amides is 2. The largest absolute Gasteiger partial charge is 0.381 e. The Hall–Kier alpha value is -1.14. The van der Waals surface area contributed by atoms with E-state index in [9.17, 15) is 9.59 Å². The SMILES string of the molecule is CCCOCCCNC(=O)C(N)CC(N)=O. The monoisotopic (exact) mass is 231 g/mol. The van der Waals surface area contributed by atoms with Crippen molar-refractivity contribution in [2.75, 3.05) is 19.8 Å². The molecule has 0 aliphatic rings. The van der Waals surface area contributed by atoms with Gasteiger partial charge in [0.25, 0.3) is 0 Å². The van der Waals surface area contributed by atoms with E-state index in [4.69, 9.17) is 16.2 Å². The number of ether oxygens (including phenoxy) is 1. The van der Waals surface area contributed by atoms with Crippen molar-refractivity contribution < 1.29 is 14.3 Å². The van der Waals surface area contributed by atoms with Gasteiger partial charge in [0.05, 0.1) is 12.5 Å². The van der Waals surface area contributed by atoms with Crippen LogP contribution in [0, 0.1) is 0 Å². The minimum Gasteiger partial charge on any atom is -0.381 e. The van der Waals surface area contributed by atoms with Gasteiger partial charge in [0, 0.05) is 19.8 Å². The summed E-state index contributed by atoms with van der Waals surface area (Å²) in [5.41, 5.74) is 10.4. The molecule has 0 aromatic heterocycles. The molecule has 0 aliphatic heterocycles. The van der Waals surface area contributed by atoms with Crippen molar-refractivity contribution in [3.63, 3.8) is 0 Å². The molecule has 6 heteroatoms. The quantitative estimate of drug-likeness (QED) is 0.448. The van der Waals surface area contributed by atoms with Crippen molar-refractivity contribution in [1.82, 2.24) is 5.32 Å². The molecule has 16 heavy (non-hydrogen) atoms. The molecule has 0 rings (SSSR count). The molecule has 5 N–H and O–H groups in total. The predicted octanol–water partition coefficient (Wildman–Crippen LogP) is -0.878. The van der Waals surface area contributed by atoms with Gasteiger partial charge in [-0.2, -0.15) is 0 Å². The molecule has 1 atom stereocenters. The van der Waals surface area contributed by atoms with Gasteiger partial charge in [-0.05, 0) is 12.8 Å². The lowest BCUT2D eigenvalue weighted by Gasteiger charge is -2.10. The van der Waals surface area contributed by atoms with E-state index in [1.165, 1.54) is 0 Å². The first kappa shape index (κ1) is 14.9. The van der Waals surface area contributed by atoms with Crippen LogP contribution in [0.4, 0.5) is 0 Å². The van der Waals surface area contributed by atoms with Crippen molar-refractivity contribution in [1.29, 1.82) is 0 Å². The zero-order chi connectivity index (χ0) is 12.4. The topological polar surface area (TPSA) is 107 Å². The standard InChI is InChI=1S/C10H21N3O3/c1-2-5-16-6-3-4-13-10(15)8(11)7-9(12)14/h8H,2-7,11H2,1H3,(H2,12,14)(H,13,15). The minimum absolute atomic E-state index is 0.127. The first-order valence-corrected chi connectivity index (χ1v) is 5.47. The van der Waals surface area contributed by atoms with Crippen molar-refractivity contribution in [3.8, 4) is 0 Å². The lowest BCUT2D eigenvalue weighted by atomic mass is 10.2. The number of nitrogens with two attached hydrogens (primary N) is 2. The van der Waals surface area contributed by atoms with Gasteiger partial charge in [-0.3, -0.25) is 9.59 Å². The molecule has 0 fully saturated rings. The Morgan fingerprint density at radius 3 is 2.62 bits per heavy atom. The van der Waals surface area contributed by atoms with Gasteiger partial charge < -0.3 is 21.5 Å². The maximum Gasteiger partial charge on any atom is 0.237 e. The lowest BCUT2D eigenvalue weighted by Crippen LogP contribution is -2.43. The summed E-state index contributed by atoms with van der Waals surface area (Å²) in [6, 6.07) is -0.853. The third-order valence-electron chi connectivity index (χ3n) is 1.87. The van der Waals surface area contributed by atoms with E-state index in [-0.39, 0.29) is 12.3 Å². The maximum absolute atomic E-state index is 11.3. The highest BCUT2D eigenvalue weighted by Gasteiger charge is 2.14. The zero-order valence-electron chi connectivity index (χ0n) is 9.70. The number of hydrogen-bond acceptors (Lipinski definition) is 4. The maximum atomic E-state index is 11.3. The molecule has 0 aromatic carbocycles. The van der Waals surface area contributed by atoms with Crippen molar-refractivity contribution >= 4 is 11.8 Å². The summed E-state index contributed by atoms with van der Waals surface area (Å²) in [7, 11) is 0. The molecular weight excluding hydrogens is 210 g/mol. The zero-order valence-corrected chi connectivity index (χ0v) is 9.70. The van der Waals surface area contributed by atoms with Crippen LogP contribution in [-0.4, -0.2) is 37.6 Å². The Morgan fingerprint density at radius 1 is 1.38 bits per heavy atom. The van der Waals surface area contributed by atoms with Crippen LogP contribution < -0.4 is 16.8 Å². The van der Waals surface area contributed by atoms with Crippen LogP contribution in [0.25, 0.3) is 0 Å². The van der Waals surface area contributed by atoms with Gasteiger partial charge in [0.15, 0.2) is 0 Å². The van der Waals surface area contributed by atoms with Crippen LogP contribution in [0.15, 0.2) is 0 Å². The van der Waals surface area contributed by atoms with E-state index >= 15 is 0 Å². The molecule has 0 saturated heterocycles. The molecule has 6 nitrogen and oxygen atoms in total. The predicted molar refractivity (Wildman–Crippen MR) is 60.5 cm³/mol. The second-order valence-electron chi connectivity index (χ2n) is 3.53. The number of rotatable bonds is 9. The molecule has 2 amide bonds. The number of primary amides is 1. The van der Waals surface area contributed by atoms with Crippen LogP contribution in [0.1, 0.15) is 26.2 Å². The van der Waals surface area contributed by atoms with Gasteiger partial charge in [0.1, 0.15) is 0 Å². The first-order chi connectivity index (χ1) is 7.57. The highest BCUT2D eigenvalue weighted by atomic mass is 16.5. The average Bonchev–Trinajstić information content (AvgIpc) is 2.21. The number of carbonyl (C=O) groups excluding carboxylic acids is 2. The summed E-state index contributed by atoms with van der Waals surface area (Å²) in [5.74, 6) is -0.928. The highest BCUT2D eigenvalue weighted by molar-refractivity contribution is 5.87. The van der Waals surface area contributed by atoms with Crippen LogP contribution >= 0.6 is 0 Å². The third kappa shape index (κ3) is 8.19. The molecule has 0 bridgehead atoms. The summed E-state index contributed by atoms with van der Waals surface area (Å²) in [6.07, 6.45) is 1.59. The molecule has 94 valence electrons. The van der Waals surface area contributed by atoms with E-state index < -0.39 is 11.9 Å². The molecule has 0 saturated carbocycles. The summed E-state index contributed by atoms with van der Waals surface area (Å²) in [6.45, 7) is 3.87. The average molecular weight is 231 g/mol. The van der Waals surface area contributed by atoms with E-state index in [1.54, 1.807) is 0 Å². The van der Waals surface area contributed by atoms with E-state index in [0.717, 1.165) is 19.4 Å². The normalized spacial score (nSPS) is 12.1. The molecule has 0 heterocycles. The fourth-order valence-corrected chi connectivity index (χ4v) is 1.07. The summed E-state index contributed by atoms with van der Waals surface area (Å²) in [5, 5.41) is 2.61. The van der Waals surface area contributed by atoms with E-state index in [1.807, 2.05) is 6.92 Å². The van der Waals surface area contributed by atoms with Gasteiger partial charge in [-0.1, -0.05) is 6.92 Å². The van der Waals surface area contributed by atoms with Crippen molar-refractivity contribution in [2.24, 2.45) is 11.5 Å². The van der Waals surface area contributed by atoms with Crippen LogP contribution in [0.2, 0.25) is 0 Å². The van der Waals surface area contributed by atoms with Crippen molar-refractivity contribution in [3.05, 3.63) is 0 Å². The number of hydrogen-bond donors (Lipinski definition) is 3. The lowest BCUT2D eigenvalue weighted by molar-refractivity contribution is -0.126. The summed E-state index contributed by atoms with van der Waals surface area (Å²) < 4.78 is 5.23. The van der Waals surface area contributed by atoms with Gasteiger partial charge in [-0.15, -0.1) is 0 Å². The van der Waals surface area contributed by atoms with Gasteiger partial charge in [0.2, 0.25) is 11.8 Å². The van der Waals surface area contributed by atoms with Crippen LogP contribution in [0.5, 0.6) is 0 Å². The molecule has 0 spiro atoms. The van der Waals surface area contributed by atoms with Crippen LogP contribution in [0.3, 0.4) is 0 Å². The summed E-state index contributed by atoms with van der Waals surface area (Å²) >= 11 is 0. The highest BCUT2D eigenvalue weighted by Crippen LogP contribution is 1.88. The Labute approximate surface area is 95.7 Å². The van der Waals surface area contributed by atoms with Gasteiger partial charge in [-0.25, -0.2) is 0 Å². The second-order valence-corrected chi connectivity index (χ2v) is 3.53. The minimum atomic E-state index is -0.853. The first-order valence-electron chi connectivity index (χ1n) is 5.47. The smallest absolute Gasteiger partial charge is 0.237 e. The van der Waals surface area contributed by atoms with Gasteiger partial charge >= 0.3 is 0 Å². The Balaban J connectivity index is 3.46. The fourth-order valence-electron chi connectivity index (χ4n) is 1.07. The molecule has 1 unspecified atom stereocenters.